The molecule has 0 spiro atoms. The molecule has 0 amide bonds. The number of thiophene rings is 1. The van der Waals surface area contributed by atoms with Gasteiger partial charge in [-0.05, 0) is 73.0 Å². The molecule has 6 rings (SSSR count). The van der Waals surface area contributed by atoms with Gasteiger partial charge in [-0.1, -0.05) is 61.5 Å². The zero-order valence-electron chi connectivity index (χ0n) is 23.6. The molecule has 2 heterocycles. The number of allylic oxidation sites excluding steroid dienone is 2. The molecule has 3 aromatic carbocycles. The fourth-order valence-corrected chi connectivity index (χ4v) is 7.26. The van der Waals surface area contributed by atoms with Crippen LogP contribution in [0, 0.1) is 5.92 Å². The van der Waals surface area contributed by atoms with Crippen molar-refractivity contribution < 1.29 is 14.3 Å². The third-order valence-electron chi connectivity index (χ3n) is 8.22. The van der Waals surface area contributed by atoms with Gasteiger partial charge in [0.05, 0.1) is 6.10 Å². The van der Waals surface area contributed by atoms with E-state index in [2.05, 4.69) is 30.0 Å². The monoisotopic (exact) mass is 564 g/mol. The fourth-order valence-electron chi connectivity index (χ4n) is 6.02. The number of benzene rings is 3. The summed E-state index contributed by atoms with van der Waals surface area (Å²) >= 11 is 1.62. The van der Waals surface area contributed by atoms with E-state index in [1.807, 2.05) is 66.7 Å². The lowest BCUT2D eigenvalue weighted by Gasteiger charge is -2.32. The summed E-state index contributed by atoms with van der Waals surface area (Å²) in [6, 6.07) is 23.9. The lowest BCUT2D eigenvalue weighted by molar-refractivity contribution is 0.0828. The molecule has 2 unspecified atom stereocenters. The Morgan fingerprint density at radius 1 is 1.00 bits per heavy atom. The highest BCUT2D eigenvalue weighted by atomic mass is 32.1. The van der Waals surface area contributed by atoms with Crippen LogP contribution in [0.15, 0.2) is 96.1 Å². The highest BCUT2D eigenvalue weighted by Gasteiger charge is 2.34. The Kier molecular flexibility index (Phi) is 8.06. The molecule has 5 nitrogen and oxygen atoms in total. The lowest BCUT2D eigenvalue weighted by Crippen LogP contribution is -2.35. The van der Waals surface area contributed by atoms with Gasteiger partial charge in [-0.2, -0.15) is 0 Å². The largest absolute Gasteiger partial charge is 0.489 e. The number of ether oxygens (including phenoxy) is 2. The molecule has 0 radical (unpaired) electrons. The van der Waals surface area contributed by atoms with Gasteiger partial charge in [-0.25, -0.2) is 0 Å². The Morgan fingerprint density at radius 2 is 1.76 bits per heavy atom. The number of methoxy groups -OCH3 is 1. The van der Waals surface area contributed by atoms with Crippen molar-refractivity contribution in [3.8, 4) is 16.2 Å². The fraction of sp³-hybridized carbons (Fsp3) is 0.286. The zero-order valence-corrected chi connectivity index (χ0v) is 24.5. The number of hydrogen-bond donors (Lipinski definition) is 1. The van der Waals surface area contributed by atoms with Crippen LogP contribution in [0.3, 0.4) is 0 Å². The van der Waals surface area contributed by atoms with Gasteiger partial charge < -0.3 is 15.2 Å². The second kappa shape index (κ2) is 12.0. The first kappa shape index (κ1) is 27.5. The molecule has 1 aliphatic carbocycles. The maximum atomic E-state index is 14.4. The van der Waals surface area contributed by atoms with Crippen LogP contribution in [0.5, 0.6) is 5.75 Å². The number of hydrogen-bond acceptors (Lipinski definition) is 6. The standard InChI is InChI=1S/C35H36N2O3S/c1-23-29(16-12-26(34(23)39-2)21-37-18-6-7-19-37)33(38)32-30-17-15-28(40-22-24-8-4-3-5-9-24)20-31(30)41-35(32)25-10-13-27(36)14-11-25/h3-5,8-17,20,23,34H,6-7,18-19,21-22,36H2,1-2H3. The number of carbonyl (C=O) groups excluding carboxylic acids is 1. The van der Waals surface area contributed by atoms with Gasteiger partial charge in [0.25, 0.3) is 0 Å². The summed E-state index contributed by atoms with van der Waals surface area (Å²) in [5.41, 5.74) is 11.5. The Hall–Kier alpha value is -3.71. The van der Waals surface area contributed by atoms with E-state index in [1.54, 1.807) is 18.4 Å². The van der Waals surface area contributed by atoms with Gasteiger partial charge in [-0.3, -0.25) is 9.69 Å². The van der Waals surface area contributed by atoms with Crippen LogP contribution < -0.4 is 10.5 Å². The summed E-state index contributed by atoms with van der Waals surface area (Å²) in [6.07, 6.45) is 6.52. The van der Waals surface area contributed by atoms with E-state index in [4.69, 9.17) is 15.2 Å². The lowest BCUT2D eigenvalue weighted by atomic mass is 9.81. The Labute approximate surface area is 245 Å². The minimum atomic E-state index is -0.123. The molecule has 1 saturated heterocycles. The van der Waals surface area contributed by atoms with E-state index in [0.717, 1.165) is 62.6 Å². The molecule has 2 atom stereocenters. The first-order chi connectivity index (χ1) is 20.0. The van der Waals surface area contributed by atoms with Gasteiger partial charge >= 0.3 is 0 Å². The predicted molar refractivity (Wildman–Crippen MR) is 169 cm³/mol. The van der Waals surface area contributed by atoms with E-state index in [-0.39, 0.29) is 17.8 Å². The zero-order chi connectivity index (χ0) is 28.3. The van der Waals surface area contributed by atoms with E-state index in [9.17, 15) is 4.79 Å². The number of nitrogens with two attached hydrogens (primary N) is 1. The van der Waals surface area contributed by atoms with E-state index >= 15 is 0 Å². The van der Waals surface area contributed by atoms with Crippen LogP contribution in [-0.2, 0) is 11.3 Å². The summed E-state index contributed by atoms with van der Waals surface area (Å²) in [7, 11) is 1.75. The van der Waals surface area contributed by atoms with Crippen LogP contribution in [-0.4, -0.2) is 43.5 Å². The molecule has 0 bridgehead atoms. The molecule has 4 aromatic rings. The Bertz CT molecular complexity index is 1600. The highest BCUT2D eigenvalue weighted by Crippen LogP contribution is 2.43. The molecule has 0 saturated carbocycles. The third kappa shape index (κ3) is 5.73. The normalized spacial score (nSPS) is 19.3. The second-order valence-electron chi connectivity index (χ2n) is 11.0. The quantitative estimate of drug-likeness (QED) is 0.168. The predicted octanol–water partition coefficient (Wildman–Crippen LogP) is 7.53. The summed E-state index contributed by atoms with van der Waals surface area (Å²) < 4.78 is 13.1. The minimum absolute atomic E-state index is 0.0482. The van der Waals surface area contributed by atoms with Crippen molar-refractivity contribution in [2.24, 2.45) is 5.92 Å². The van der Waals surface area contributed by atoms with Crippen molar-refractivity contribution in [1.29, 1.82) is 0 Å². The summed E-state index contributed by atoms with van der Waals surface area (Å²) in [5, 5.41) is 0.938. The number of rotatable bonds is 9. The van der Waals surface area contributed by atoms with Crippen LogP contribution >= 0.6 is 11.3 Å². The topological polar surface area (TPSA) is 64.8 Å². The molecule has 2 aliphatic rings. The van der Waals surface area contributed by atoms with Crippen LogP contribution in [0.1, 0.15) is 35.7 Å². The SMILES string of the molecule is COC1C(CN2CCCC2)=CC=C(C(=O)c2c(-c3ccc(N)cc3)sc3cc(OCc4ccccc4)ccc23)C1C. The molecular weight excluding hydrogens is 528 g/mol. The minimum Gasteiger partial charge on any atom is -0.489 e. The molecule has 2 N–H and O–H groups in total. The molecule has 6 heteroatoms. The first-order valence-corrected chi connectivity index (χ1v) is 15.1. The van der Waals surface area contributed by atoms with E-state index in [0.29, 0.717) is 12.3 Å². The smallest absolute Gasteiger partial charge is 0.191 e. The first-order valence-electron chi connectivity index (χ1n) is 14.3. The van der Waals surface area contributed by atoms with Gasteiger partial charge in [-0.15, -0.1) is 11.3 Å². The number of likely N-dealkylation sites (tertiary alicyclic amines) is 1. The van der Waals surface area contributed by atoms with Crippen molar-refractivity contribution in [3.05, 3.63) is 107 Å². The number of carbonyl (C=O) groups is 1. The highest BCUT2D eigenvalue weighted by molar-refractivity contribution is 7.22. The molecule has 210 valence electrons. The number of fused-ring (bicyclic) bond motifs is 1. The molecule has 1 fully saturated rings. The van der Waals surface area contributed by atoms with E-state index < -0.39 is 0 Å². The maximum Gasteiger partial charge on any atom is 0.191 e. The van der Waals surface area contributed by atoms with Crippen molar-refractivity contribution in [2.75, 3.05) is 32.5 Å². The molecule has 41 heavy (non-hydrogen) atoms. The van der Waals surface area contributed by atoms with Gasteiger partial charge in [0, 0.05) is 51.4 Å². The second-order valence-corrected chi connectivity index (χ2v) is 12.0. The number of Topliss-reactive ketones (excluding diaryl/α,β-unsaturated/α-hetero) is 1. The van der Waals surface area contributed by atoms with Crippen LogP contribution in [0.25, 0.3) is 20.5 Å². The maximum absolute atomic E-state index is 14.4. The van der Waals surface area contributed by atoms with Gasteiger partial charge in [0.2, 0.25) is 0 Å². The van der Waals surface area contributed by atoms with Crippen molar-refractivity contribution in [3.63, 3.8) is 0 Å². The number of ketones is 1. The third-order valence-corrected chi connectivity index (χ3v) is 9.42. The number of nitrogens with zero attached hydrogens (tertiary/aromatic N) is 1. The Balaban J connectivity index is 1.37. The summed E-state index contributed by atoms with van der Waals surface area (Å²) in [5.74, 6) is 0.773. The Morgan fingerprint density at radius 3 is 2.49 bits per heavy atom. The van der Waals surface area contributed by atoms with Crippen molar-refractivity contribution in [2.45, 2.75) is 32.5 Å². The van der Waals surface area contributed by atoms with Crippen molar-refractivity contribution >= 4 is 32.9 Å². The summed E-state index contributed by atoms with van der Waals surface area (Å²) in [6.45, 7) is 5.75. The van der Waals surface area contributed by atoms with Crippen molar-refractivity contribution in [1.82, 2.24) is 4.90 Å². The number of anilines is 1. The van der Waals surface area contributed by atoms with Crippen LogP contribution in [0.2, 0.25) is 0 Å². The molecule has 1 aliphatic heterocycles. The molecule has 1 aromatic heterocycles. The average molecular weight is 565 g/mol. The van der Waals surface area contributed by atoms with E-state index in [1.165, 1.54) is 18.4 Å². The average Bonchev–Trinajstić information content (AvgIpc) is 3.64. The molecular formula is C35H36N2O3S. The number of nitrogen functional groups attached to an aromatic ring is 1. The summed E-state index contributed by atoms with van der Waals surface area (Å²) in [4.78, 5) is 17.9. The van der Waals surface area contributed by atoms with Crippen LogP contribution in [0.4, 0.5) is 5.69 Å². The van der Waals surface area contributed by atoms with Gasteiger partial charge in [0.1, 0.15) is 12.4 Å². The van der Waals surface area contributed by atoms with Gasteiger partial charge in [0.15, 0.2) is 5.78 Å².